The van der Waals surface area contributed by atoms with Crippen LogP contribution in [0.4, 0.5) is 8.78 Å². The molecule has 1 aromatic carbocycles. The van der Waals surface area contributed by atoms with Gasteiger partial charge in [-0.05, 0) is 18.6 Å². The topological polar surface area (TPSA) is 55.1 Å². The molecule has 104 valence electrons. The molecule has 1 aliphatic rings. The fourth-order valence-corrected chi connectivity index (χ4v) is 2.53. The maximum absolute atomic E-state index is 13.5. The minimum Gasteiger partial charge on any atom is -0.476 e. The molecule has 0 spiro atoms. The second-order valence-electron chi connectivity index (χ2n) is 4.86. The van der Waals surface area contributed by atoms with Crippen LogP contribution < -0.4 is 0 Å². The van der Waals surface area contributed by atoms with E-state index in [9.17, 15) is 13.6 Å². The monoisotopic (exact) mass is 278 g/mol. The molecule has 1 aromatic heterocycles. The normalized spacial score (nSPS) is 16.7. The molecule has 4 nitrogen and oxygen atoms in total. The average Bonchev–Trinajstić information content (AvgIpc) is 2.77. The molecule has 0 saturated carbocycles. The Morgan fingerprint density at radius 2 is 2.00 bits per heavy atom. The molecule has 1 aliphatic carbocycles. The summed E-state index contributed by atoms with van der Waals surface area (Å²) in [5.41, 5.74) is 1.13. The zero-order valence-electron chi connectivity index (χ0n) is 10.5. The van der Waals surface area contributed by atoms with Gasteiger partial charge in [-0.3, -0.25) is 0 Å². The number of alkyl halides is 2. The number of para-hydroxylation sites is 1. The molecule has 0 bridgehead atoms. The van der Waals surface area contributed by atoms with Gasteiger partial charge in [0.05, 0.1) is 5.69 Å². The summed E-state index contributed by atoms with van der Waals surface area (Å²) in [6, 6.07) is 8.95. The van der Waals surface area contributed by atoms with E-state index in [0.29, 0.717) is 11.4 Å². The molecule has 0 fully saturated rings. The Morgan fingerprint density at radius 3 is 2.65 bits per heavy atom. The van der Waals surface area contributed by atoms with E-state index in [1.165, 1.54) is 4.68 Å². The number of hydrogen-bond acceptors (Lipinski definition) is 2. The predicted octanol–water partition coefficient (Wildman–Crippen LogP) is 2.69. The van der Waals surface area contributed by atoms with E-state index in [-0.39, 0.29) is 24.1 Å². The number of fused-ring (bicyclic) bond motifs is 1. The molecule has 20 heavy (non-hydrogen) atoms. The van der Waals surface area contributed by atoms with Crippen LogP contribution in [0.5, 0.6) is 0 Å². The van der Waals surface area contributed by atoms with Gasteiger partial charge in [-0.1, -0.05) is 18.2 Å². The molecule has 0 aliphatic heterocycles. The summed E-state index contributed by atoms with van der Waals surface area (Å²) in [6.45, 7) is 0. The van der Waals surface area contributed by atoms with Crippen LogP contribution in [0.1, 0.15) is 28.2 Å². The Morgan fingerprint density at radius 1 is 1.30 bits per heavy atom. The van der Waals surface area contributed by atoms with Gasteiger partial charge in [0.2, 0.25) is 0 Å². The van der Waals surface area contributed by atoms with Crippen molar-refractivity contribution in [3.8, 4) is 5.69 Å². The first-order valence-electron chi connectivity index (χ1n) is 6.25. The zero-order valence-corrected chi connectivity index (χ0v) is 10.5. The van der Waals surface area contributed by atoms with E-state index in [1.54, 1.807) is 24.3 Å². The summed E-state index contributed by atoms with van der Waals surface area (Å²) >= 11 is 0. The molecule has 0 unspecified atom stereocenters. The minimum absolute atomic E-state index is 0.123. The van der Waals surface area contributed by atoms with Gasteiger partial charge in [-0.2, -0.15) is 5.10 Å². The van der Waals surface area contributed by atoms with Crippen LogP contribution in [0.3, 0.4) is 0 Å². The maximum Gasteiger partial charge on any atom is 0.356 e. The van der Waals surface area contributed by atoms with Gasteiger partial charge in [0.15, 0.2) is 5.69 Å². The zero-order chi connectivity index (χ0) is 14.3. The number of carboxylic acid groups (broad SMARTS) is 1. The third-order valence-electron chi connectivity index (χ3n) is 3.46. The van der Waals surface area contributed by atoms with E-state index in [4.69, 9.17) is 5.11 Å². The van der Waals surface area contributed by atoms with E-state index in [2.05, 4.69) is 5.10 Å². The summed E-state index contributed by atoms with van der Waals surface area (Å²) in [7, 11) is 0. The van der Waals surface area contributed by atoms with Crippen LogP contribution in [-0.2, 0) is 12.8 Å². The summed E-state index contributed by atoms with van der Waals surface area (Å²) < 4.78 is 28.5. The SMILES string of the molecule is O=C(O)c1nn(-c2ccccc2)c2c1CC(F)(F)CC2. The van der Waals surface area contributed by atoms with Crippen LogP contribution >= 0.6 is 0 Å². The number of aromatic carboxylic acids is 1. The second-order valence-corrected chi connectivity index (χ2v) is 4.86. The average molecular weight is 278 g/mol. The quantitative estimate of drug-likeness (QED) is 0.919. The van der Waals surface area contributed by atoms with Crippen LogP contribution in [-0.4, -0.2) is 26.8 Å². The van der Waals surface area contributed by atoms with Crippen molar-refractivity contribution >= 4 is 5.97 Å². The minimum atomic E-state index is -2.86. The maximum atomic E-state index is 13.5. The number of carbonyl (C=O) groups is 1. The van der Waals surface area contributed by atoms with Crippen molar-refractivity contribution in [2.45, 2.75) is 25.2 Å². The number of carboxylic acids is 1. The van der Waals surface area contributed by atoms with E-state index < -0.39 is 18.3 Å². The van der Waals surface area contributed by atoms with E-state index >= 15 is 0 Å². The number of benzene rings is 1. The van der Waals surface area contributed by atoms with Crippen LogP contribution in [0.25, 0.3) is 5.69 Å². The van der Waals surface area contributed by atoms with Crippen molar-refractivity contribution in [1.29, 1.82) is 0 Å². The molecule has 0 saturated heterocycles. The highest BCUT2D eigenvalue weighted by molar-refractivity contribution is 5.87. The second kappa shape index (κ2) is 4.40. The van der Waals surface area contributed by atoms with Gasteiger partial charge in [-0.25, -0.2) is 18.3 Å². The first kappa shape index (κ1) is 12.8. The van der Waals surface area contributed by atoms with Crippen molar-refractivity contribution in [2.75, 3.05) is 0 Å². The lowest BCUT2D eigenvalue weighted by Gasteiger charge is -2.22. The highest BCUT2D eigenvalue weighted by Gasteiger charge is 2.39. The number of hydrogen-bond donors (Lipinski definition) is 1. The molecular formula is C14H12F2N2O2. The largest absolute Gasteiger partial charge is 0.476 e. The number of halogens is 2. The lowest BCUT2D eigenvalue weighted by molar-refractivity contribution is -0.0128. The highest BCUT2D eigenvalue weighted by Crippen LogP contribution is 2.35. The third kappa shape index (κ3) is 2.07. The molecule has 1 N–H and O–H groups in total. The van der Waals surface area contributed by atoms with Gasteiger partial charge in [0.1, 0.15) is 0 Å². The van der Waals surface area contributed by atoms with Crippen molar-refractivity contribution in [3.05, 3.63) is 47.3 Å². The molecule has 0 radical (unpaired) electrons. The van der Waals surface area contributed by atoms with E-state index in [0.717, 1.165) is 0 Å². The van der Waals surface area contributed by atoms with Gasteiger partial charge in [-0.15, -0.1) is 0 Å². The summed E-state index contributed by atoms with van der Waals surface area (Å²) in [6.07, 6.45) is -0.716. The first-order chi connectivity index (χ1) is 9.48. The Balaban J connectivity index is 2.17. The first-order valence-corrected chi connectivity index (χ1v) is 6.25. The predicted molar refractivity (Wildman–Crippen MR) is 67.5 cm³/mol. The van der Waals surface area contributed by atoms with Gasteiger partial charge < -0.3 is 5.11 Å². The third-order valence-corrected chi connectivity index (χ3v) is 3.46. The lowest BCUT2D eigenvalue weighted by Crippen LogP contribution is -2.27. The Bertz CT molecular complexity index is 665. The smallest absolute Gasteiger partial charge is 0.356 e. The molecule has 0 amide bonds. The fourth-order valence-electron chi connectivity index (χ4n) is 2.53. The Hall–Kier alpha value is -2.24. The number of nitrogens with zero attached hydrogens (tertiary/aromatic N) is 2. The van der Waals surface area contributed by atoms with Crippen molar-refractivity contribution in [3.63, 3.8) is 0 Å². The molecule has 3 rings (SSSR count). The molecule has 1 heterocycles. The number of aromatic nitrogens is 2. The molecule has 0 atom stereocenters. The highest BCUT2D eigenvalue weighted by atomic mass is 19.3. The molecule has 6 heteroatoms. The van der Waals surface area contributed by atoms with Gasteiger partial charge in [0, 0.05) is 24.1 Å². The Kier molecular flexibility index (Phi) is 2.81. The van der Waals surface area contributed by atoms with Crippen LogP contribution in [0, 0.1) is 0 Å². The Labute approximate surface area is 113 Å². The van der Waals surface area contributed by atoms with Crippen molar-refractivity contribution in [1.82, 2.24) is 9.78 Å². The summed E-state index contributed by atoms with van der Waals surface area (Å²) in [4.78, 5) is 11.2. The molecular weight excluding hydrogens is 266 g/mol. The van der Waals surface area contributed by atoms with Gasteiger partial charge in [0.25, 0.3) is 5.92 Å². The van der Waals surface area contributed by atoms with Gasteiger partial charge >= 0.3 is 5.97 Å². The fraction of sp³-hybridized carbons (Fsp3) is 0.286. The van der Waals surface area contributed by atoms with Crippen LogP contribution in [0.15, 0.2) is 30.3 Å². The summed E-state index contributed by atoms with van der Waals surface area (Å²) in [5, 5.41) is 13.2. The van der Waals surface area contributed by atoms with Crippen molar-refractivity contribution in [2.24, 2.45) is 0 Å². The molecule has 2 aromatic rings. The summed E-state index contributed by atoms with van der Waals surface area (Å²) in [5.74, 6) is -4.13. The standard InChI is InChI=1S/C14H12F2N2O2/c15-14(16)7-6-11-10(8-14)12(13(19)20)17-18(11)9-4-2-1-3-5-9/h1-5H,6-8H2,(H,19,20). The number of rotatable bonds is 2. The van der Waals surface area contributed by atoms with Crippen molar-refractivity contribution < 1.29 is 18.7 Å². The van der Waals surface area contributed by atoms with E-state index in [1.807, 2.05) is 6.07 Å². The lowest BCUT2D eigenvalue weighted by atomic mass is 9.92. The van der Waals surface area contributed by atoms with Crippen LogP contribution in [0.2, 0.25) is 0 Å².